The highest BCUT2D eigenvalue weighted by atomic mass is 16.3. The minimum absolute atomic E-state index is 0.446. The predicted octanol–water partition coefficient (Wildman–Crippen LogP) is 3.78. The van der Waals surface area contributed by atoms with E-state index in [9.17, 15) is 0 Å². The van der Waals surface area contributed by atoms with Gasteiger partial charge in [0.05, 0.1) is 0 Å². The molecule has 17 heavy (non-hydrogen) atoms. The number of benzene rings is 1. The smallest absolute Gasteiger partial charge is 0.134 e. The third-order valence-electron chi connectivity index (χ3n) is 3.46. The number of hydrogen-bond acceptors (Lipinski definition) is 2. The molecule has 0 aliphatic rings. The fourth-order valence-electron chi connectivity index (χ4n) is 2.06. The Hall–Kier alpha value is -1.28. The van der Waals surface area contributed by atoms with E-state index in [2.05, 4.69) is 38.2 Å². The zero-order chi connectivity index (χ0) is 12.3. The Balaban J connectivity index is 2.15. The van der Waals surface area contributed by atoms with E-state index in [4.69, 9.17) is 4.42 Å². The molecule has 0 fully saturated rings. The second-order valence-electron chi connectivity index (χ2n) is 4.76. The quantitative estimate of drug-likeness (QED) is 0.847. The Morgan fingerprint density at radius 1 is 1.24 bits per heavy atom. The molecule has 0 amide bonds. The lowest BCUT2D eigenvalue weighted by molar-refractivity contribution is 0.394. The zero-order valence-electron chi connectivity index (χ0n) is 10.9. The summed E-state index contributed by atoms with van der Waals surface area (Å²) in [5.41, 5.74) is 0.991. The van der Waals surface area contributed by atoms with Crippen LogP contribution in [-0.4, -0.2) is 13.1 Å². The summed E-state index contributed by atoms with van der Waals surface area (Å²) < 4.78 is 5.90. The van der Waals surface area contributed by atoms with Gasteiger partial charge in [-0.15, -0.1) is 0 Å². The molecular weight excluding hydrogens is 210 g/mol. The van der Waals surface area contributed by atoms with Gasteiger partial charge in [0.2, 0.25) is 0 Å². The minimum atomic E-state index is 0.446. The van der Waals surface area contributed by atoms with Gasteiger partial charge >= 0.3 is 0 Å². The van der Waals surface area contributed by atoms with Crippen LogP contribution in [0.1, 0.15) is 32.4 Å². The molecule has 2 aromatic rings. The predicted molar refractivity (Wildman–Crippen MR) is 72.3 cm³/mol. The van der Waals surface area contributed by atoms with E-state index in [1.165, 1.54) is 5.39 Å². The summed E-state index contributed by atoms with van der Waals surface area (Å²) in [6.45, 7) is 8.70. The van der Waals surface area contributed by atoms with Crippen LogP contribution in [-0.2, 0) is 0 Å². The van der Waals surface area contributed by atoms with E-state index in [0.29, 0.717) is 11.8 Å². The fourth-order valence-corrected chi connectivity index (χ4v) is 2.06. The van der Waals surface area contributed by atoms with Crippen LogP contribution in [0.5, 0.6) is 0 Å². The average Bonchev–Trinajstić information content (AvgIpc) is 2.78. The molecular formula is C15H21NO. The molecule has 2 nitrogen and oxygen atoms in total. The maximum atomic E-state index is 5.90. The van der Waals surface area contributed by atoms with E-state index in [0.717, 1.165) is 24.4 Å². The summed E-state index contributed by atoms with van der Waals surface area (Å²) >= 11 is 0. The first-order chi connectivity index (χ1) is 8.22. The number of rotatable bonds is 5. The summed E-state index contributed by atoms with van der Waals surface area (Å²) in [5, 5.41) is 4.59. The standard InChI is InChI=1S/C15H21NO/c1-4-16-10-11(2)12(3)15-9-13-7-5-6-8-14(13)17-15/h5-9,11-12,16H,4,10H2,1-3H3. The Morgan fingerprint density at radius 2 is 2.00 bits per heavy atom. The van der Waals surface area contributed by atoms with Crippen molar-refractivity contribution in [2.24, 2.45) is 5.92 Å². The van der Waals surface area contributed by atoms with Crippen LogP contribution >= 0.6 is 0 Å². The van der Waals surface area contributed by atoms with Crippen LogP contribution in [0.2, 0.25) is 0 Å². The van der Waals surface area contributed by atoms with Crippen LogP contribution in [0.4, 0.5) is 0 Å². The van der Waals surface area contributed by atoms with Gasteiger partial charge in [-0.25, -0.2) is 0 Å². The summed E-state index contributed by atoms with van der Waals surface area (Å²) in [7, 11) is 0. The van der Waals surface area contributed by atoms with Crippen LogP contribution in [0.15, 0.2) is 34.7 Å². The van der Waals surface area contributed by atoms with Crippen molar-refractivity contribution in [1.29, 1.82) is 0 Å². The van der Waals surface area contributed by atoms with Crippen molar-refractivity contribution in [1.82, 2.24) is 5.32 Å². The Kier molecular flexibility index (Phi) is 3.85. The number of para-hydroxylation sites is 1. The summed E-state index contributed by atoms with van der Waals surface area (Å²) in [4.78, 5) is 0. The number of nitrogens with one attached hydrogen (secondary N) is 1. The van der Waals surface area contributed by atoms with Gasteiger partial charge in [0.25, 0.3) is 0 Å². The highest BCUT2D eigenvalue weighted by molar-refractivity contribution is 5.77. The molecule has 0 saturated heterocycles. The molecule has 2 heteroatoms. The lowest BCUT2D eigenvalue weighted by Gasteiger charge is -2.17. The second kappa shape index (κ2) is 5.37. The first-order valence-electron chi connectivity index (χ1n) is 6.41. The van der Waals surface area contributed by atoms with Gasteiger partial charge in [-0.2, -0.15) is 0 Å². The van der Waals surface area contributed by atoms with E-state index in [-0.39, 0.29) is 0 Å². The van der Waals surface area contributed by atoms with Gasteiger partial charge in [0.15, 0.2) is 0 Å². The van der Waals surface area contributed by atoms with Crippen molar-refractivity contribution >= 4 is 11.0 Å². The number of hydrogen-bond donors (Lipinski definition) is 1. The zero-order valence-corrected chi connectivity index (χ0v) is 10.9. The molecule has 92 valence electrons. The monoisotopic (exact) mass is 231 g/mol. The van der Waals surface area contributed by atoms with E-state index < -0.39 is 0 Å². The average molecular weight is 231 g/mol. The molecule has 2 unspecified atom stereocenters. The highest BCUT2D eigenvalue weighted by Crippen LogP contribution is 2.29. The fraction of sp³-hybridized carbons (Fsp3) is 0.467. The Morgan fingerprint density at radius 3 is 2.71 bits per heavy atom. The Labute approximate surface area is 103 Å². The van der Waals surface area contributed by atoms with Gasteiger partial charge in [0, 0.05) is 11.3 Å². The number of furan rings is 1. The van der Waals surface area contributed by atoms with Gasteiger partial charge in [0.1, 0.15) is 11.3 Å². The van der Waals surface area contributed by atoms with Crippen LogP contribution in [0, 0.1) is 5.92 Å². The molecule has 1 heterocycles. The lowest BCUT2D eigenvalue weighted by Crippen LogP contribution is -2.23. The SMILES string of the molecule is CCNCC(C)C(C)c1cc2ccccc2o1. The largest absolute Gasteiger partial charge is 0.461 e. The molecule has 1 aromatic heterocycles. The minimum Gasteiger partial charge on any atom is -0.461 e. The van der Waals surface area contributed by atoms with Crippen LogP contribution in [0.25, 0.3) is 11.0 Å². The molecule has 2 atom stereocenters. The van der Waals surface area contributed by atoms with Crippen LogP contribution < -0.4 is 5.32 Å². The molecule has 0 radical (unpaired) electrons. The van der Waals surface area contributed by atoms with Crippen LogP contribution in [0.3, 0.4) is 0 Å². The molecule has 0 spiro atoms. The van der Waals surface area contributed by atoms with Crippen molar-refractivity contribution in [3.05, 3.63) is 36.1 Å². The first kappa shape index (κ1) is 12.2. The summed E-state index contributed by atoms with van der Waals surface area (Å²) in [6.07, 6.45) is 0. The van der Waals surface area contributed by atoms with Crippen molar-refractivity contribution in [2.75, 3.05) is 13.1 Å². The number of fused-ring (bicyclic) bond motifs is 1. The van der Waals surface area contributed by atoms with Gasteiger partial charge in [-0.1, -0.05) is 39.0 Å². The highest BCUT2D eigenvalue weighted by Gasteiger charge is 2.17. The third-order valence-corrected chi connectivity index (χ3v) is 3.46. The summed E-state index contributed by atoms with van der Waals surface area (Å²) in [6, 6.07) is 10.4. The molecule has 1 N–H and O–H groups in total. The maximum absolute atomic E-state index is 5.90. The molecule has 2 rings (SSSR count). The van der Waals surface area contributed by atoms with Crippen molar-refractivity contribution in [3.8, 4) is 0 Å². The molecule has 0 aliphatic heterocycles. The van der Waals surface area contributed by atoms with E-state index >= 15 is 0 Å². The van der Waals surface area contributed by atoms with Gasteiger partial charge in [-0.05, 0) is 31.1 Å². The van der Waals surface area contributed by atoms with Gasteiger partial charge in [-0.3, -0.25) is 0 Å². The molecule has 0 bridgehead atoms. The molecule has 0 aliphatic carbocycles. The van der Waals surface area contributed by atoms with Crippen molar-refractivity contribution in [2.45, 2.75) is 26.7 Å². The lowest BCUT2D eigenvalue weighted by atomic mass is 9.93. The second-order valence-corrected chi connectivity index (χ2v) is 4.76. The third kappa shape index (κ3) is 2.70. The van der Waals surface area contributed by atoms with Crippen molar-refractivity contribution < 1.29 is 4.42 Å². The summed E-state index contributed by atoms with van der Waals surface area (Å²) in [5.74, 6) is 2.12. The maximum Gasteiger partial charge on any atom is 0.134 e. The van der Waals surface area contributed by atoms with E-state index in [1.54, 1.807) is 0 Å². The van der Waals surface area contributed by atoms with Crippen molar-refractivity contribution in [3.63, 3.8) is 0 Å². The molecule has 1 aromatic carbocycles. The van der Waals surface area contributed by atoms with E-state index in [1.807, 2.05) is 18.2 Å². The normalized spacial score (nSPS) is 15.0. The van der Waals surface area contributed by atoms with Gasteiger partial charge < -0.3 is 9.73 Å². The molecule has 0 saturated carbocycles. The Bertz CT molecular complexity index is 441. The first-order valence-corrected chi connectivity index (χ1v) is 6.41. The topological polar surface area (TPSA) is 25.2 Å².